The van der Waals surface area contributed by atoms with Crippen molar-refractivity contribution in [3.8, 4) is 22.4 Å². The van der Waals surface area contributed by atoms with Crippen LogP contribution in [0, 0.1) is 0 Å². The van der Waals surface area contributed by atoms with Gasteiger partial charge in [-0.15, -0.1) is 0 Å². The molecule has 1 N–H and O–H groups in total. The zero-order valence-electron chi connectivity index (χ0n) is 18.6. The zero-order chi connectivity index (χ0) is 25.5. The van der Waals surface area contributed by atoms with Crippen LogP contribution in [0.15, 0.2) is 84.4 Å². The van der Waals surface area contributed by atoms with Crippen molar-refractivity contribution in [2.45, 2.75) is 11.1 Å². The Bertz CT molecular complexity index is 1680. The van der Waals surface area contributed by atoms with Gasteiger partial charge in [0.25, 0.3) is 10.0 Å². The number of rotatable bonds is 5. The maximum absolute atomic E-state index is 12.8. The van der Waals surface area contributed by atoms with E-state index in [1.54, 1.807) is 35.4 Å². The van der Waals surface area contributed by atoms with Gasteiger partial charge in [0.1, 0.15) is 0 Å². The first-order valence-electron chi connectivity index (χ1n) is 10.5. The number of halogens is 3. The van der Waals surface area contributed by atoms with E-state index in [1.807, 2.05) is 25.4 Å². The Morgan fingerprint density at radius 1 is 0.861 bits per heavy atom. The number of hydrogen-bond donors (Lipinski definition) is 1. The SMILES string of the molecule is Cn1cc(-c2cnc3ccc(-c4cncc(NS(=O)(=O)c5ccc(C(F)(F)F)cc5)c4)cc3n2)cn1. The van der Waals surface area contributed by atoms with Crippen molar-refractivity contribution in [1.82, 2.24) is 24.7 Å². The fraction of sp³-hybridized carbons (Fsp3) is 0.0833. The van der Waals surface area contributed by atoms with E-state index < -0.39 is 21.8 Å². The fourth-order valence-electron chi connectivity index (χ4n) is 3.57. The van der Waals surface area contributed by atoms with Gasteiger partial charge in [-0.3, -0.25) is 19.4 Å². The van der Waals surface area contributed by atoms with Gasteiger partial charge in [-0.1, -0.05) is 6.07 Å². The number of alkyl halides is 3. The summed E-state index contributed by atoms with van der Waals surface area (Å²) in [6.07, 6.45) is 3.50. The van der Waals surface area contributed by atoms with E-state index in [1.165, 1.54) is 6.20 Å². The van der Waals surface area contributed by atoms with Gasteiger partial charge < -0.3 is 0 Å². The average Bonchev–Trinajstić information content (AvgIpc) is 3.29. The van der Waals surface area contributed by atoms with Crippen molar-refractivity contribution in [3.05, 3.63) is 85.1 Å². The van der Waals surface area contributed by atoms with E-state index in [4.69, 9.17) is 0 Å². The third-order valence-electron chi connectivity index (χ3n) is 5.36. The monoisotopic (exact) mass is 510 g/mol. The molecule has 0 spiro atoms. The second kappa shape index (κ2) is 8.72. The van der Waals surface area contributed by atoms with E-state index in [-0.39, 0.29) is 10.6 Å². The van der Waals surface area contributed by atoms with Crippen molar-refractivity contribution in [2.24, 2.45) is 7.05 Å². The van der Waals surface area contributed by atoms with Gasteiger partial charge in [0.15, 0.2) is 0 Å². The van der Waals surface area contributed by atoms with Crippen LogP contribution < -0.4 is 4.72 Å². The quantitative estimate of drug-likeness (QED) is 0.360. The lowest BCUT2D eigenvalue weighted by Crippen LogP contribution is -2.14. The summed E-state index contributed by atoms with van der Waals surface area (Å²) >= 11 is 0. The molecule has 36 heavy (non-hydrogen) atoms. The van der Waals surface area contributed by atoms with Crippen LogP contribution in [0.3, 0.4) is 0 Å². The number of fused-ring (bicyclic) bond motifs is 1. The minimum Gasteiger partial charge on any atom is -0.278 e. The molecule has 0 aliphatic rings. The summed E-state index contributed by atoms with van der Waals surface area (Å²) in [5.41, 5.74) is 3.34. The van der Waals surface area contributed by atoms with Crippen LogP contribution >= 0.6 is 0 Å². The molecule has 0 saturated heterocycles. The van der Waals surface area contributed by atoms with E-state index in [9.17, 15) is 21.6 Å². The molecule has 5 rings (SSSR count). The number of aromatic nitrogens is 5. The Morgan fingerprint density at radius 2 is 1.64 bits per heavy atom. The van der Waals surface area contributed by atoms with E-state index in [0.29, 0.717) is 22.3 Å². The number of benzene rings is 2. The molecule has 2 aromatic carbocycles. The molecule has 5 aromatic rings. The minimum atomic E-state index is -4.56. The molecule has 3 aromatic heterocycles. The maximum atomic E-state index is 12.8. The Morgan fingerprint density at radius 3 is 2.33 bits per heavy atom. The zero-order valence-corrected chi connectivity index (χ0v) is 19.4. The number of hydrogen-bond acceptors (Lipinski definition) is 6. The second-order valence-electron chi connectivity index (χ2n) is 7.95. The average molecular weight is 511 g/mol. The third-order valence-corrected chi connectivity index (χ3v) is 6.76. The predicted molar refractivity (Wildman–Crippen MR) is 127 cm³/mol. The van der Waals surface area contributed by atoms with Crippen LogP contribution in [0.5, 0.6) is 0 Å². The van der Waals surface area contributed by atoms with Gasteiger partial charge in [-0.2, -0.15) is 18.3 Å². The smallest absolute Gasteiger partial charge is 0.278 e. The molecule has 0 aliphatic carbocycles. The number of pyridine rings is 1. The number of nitrogens with one attached hydrogen (secondary N) is 1. The standard InChI is InChI=1S/C24H17F3N6O2S/c1-33-14-17(11-30-33)23-13-29-21-7-2-15(9-22(21)31-23)16-8-19(12-28-10-16)32-36(34,35)20-5-3-18(4-6-20)24(25,26)27/h2-14,32H,1H3. The number of anilines is 1. The fourth-order valence-corrected chi connectivity index (χ4v) is 4.61. The lowest BCUT2D eigenvalue weighted by molar-refractivity contribution is -0.137. The van der Waals surface area contributed by atoms with Gasteiger partial charge in [0, 0.05) is 30.6 Å². The van der Waals surface area contributed by atoms with Gasteiger partial charge in [-0.05, 0) is 48.0 Å². The highest BCUT2D eigenvalue weighted by atomic mass is 32.2. The number of nitrogens with zero attached hydrogens (tertiary/aromatic N) is 5. The molecule has 0 aliphatic heterocycles. The Balaban J connectivity index is 1.43. The summed E-state index contributed by atoms with van der Waals surface area (Å²) in [5.74, 6) is 0. The highest BCUT2D eigenvalue weighted by Crippen LogP contribution is 2.30. The molecule has 8 nitrogen and oxygen atoms in total. The topological polar surface area (TPSA) is 103 Å². The van der Waals surface area contributed by atoms with Crippen LogP contribution in [0.4, 0.5) is 18.9 Å². The highest BCUT2D eigenvalue weighted by Gasteiger charge is 2.30. The van der Waals surface area contributed by atoms with Gasteiger partial charge in [0.2, 0.25) is 0 Å². The van der Waals surface area contributed by atoms with Crippen molar-refractivity contribution < 1.29 is 21.6 Å². The van der Waals surface area contributed by atoms with Crippen LogP contribution in [-0.2, 0) is 23.2 Å². The summed E-state index contributed by atoms with van der Waals surface area (Å²) in [5, 5.41) is 4.15. The molecule has 0 unspecified atom stereocenters. The minimum absolute atomic E-state index is 0.155. The Labute approximate surface area is 203 Å². The van der Waals surface area contributed by atoms with Gasteiger partial charge in [0.05, 0.1) is 51.5 Å². The molecule has 0 radical (unpaired) electrons. The van der Waals surface area contributed by atoms with E-state index in [2.05, 4.69) is 24.8 Å². The first-order valence-corrected chi connectivity index (χ1v) is 12.0. The molecule has 12 heteroatoms. The molecule has 0 fully saturated rings. The van der Waals surface area contributed by atoms with E-state index in [0.717, 1.165) is 35.4 Å². The summed E-state index contributed by atoms with van der Waals surface area (Å²) < 4.78 is 67.8. The molecule has 3 heterocycles. The molecule has 0 saturated carbocycles. The molecular formula is C24H17F3N6O2S. The summed E-state index contributed by atoms with van der Waals surface area (Å²) in [4.78, 5) is 12.9. The van der Waals surface area contributed by atoms with Gasteiger partial charge in [-0.25, -0.2) is 13.4 Å². The molecule has 0 atom stereocenters. The van der Waals surface area contributed by atoms with Crippen molar-refractivity contribution in [3.63, 3.8) is 0 Å². The number of aryl methyl sites for hydroxylation is 1. The molecular weight excluding hydrogens is 493 g/mol. The normalized spacial score (nSPS) is 12.1. The summed E-state index contributed by atoms with van der Waals surface area (Å²) in [6.45, 7) is 0. The third kappa shape index (κ3) is 4.75. The lowest BCUT2D eigenvalue weighted by Gasteiger charge is -2.11. The van der Waals surface area contributed by atoms with Gasteiger partial charge >= 0.3 is 6.18 Å². The van der Waals surface area contributed by atoms with Crippen molar-refractivity contribution >= 4 is 26.7 Å². The first-order chi connectivity index (χ1) is 17.1. The van der Waals surface area contributed by atoms with Crippen LogP contribution in [0.2, 0.25) is 0 Å². The molecule has 0 bridgehead atoms. The van der Waals surface area contributed by atoms with E-state index >= 15 is 0 Å². The van der Waals surface area contributed by atoms with Crippen LogP contribution in [0.25, 0.3) is 33.4 Å². The second-order valence-corrected chi connectivity index (χ2v) is 9.63. The first kappa shape index (κ1) is 23.4. The molecule has 182 valence electrons. The van der Waals surface area contributed by atoms with Crippen molar-refractivity contribution in [1.29, 1.82) is 0 Å². The van der Waals surface area contributed by atoms with Crippen LogP contribution in [0.1, 0.15) is 5.56 Å². The maximum Gasteiger partial charge on any atom is 0.416 e. The Hall–Kier alpha value is -4.32. The van der Waals surface area contributed by atoms with Crippen molar-refractivity contribution in [2.75, 3.05) is 4.72 Å². The summed E-state index contributed by atoms with van der Waals surface area (Å²) in [6, 6.07) is 10.3. The lowest BCUT2D eigenvalue weighted by atomic mass is 10.1. The number of sulfonamides is 1. The predicted octanol–water partition coefficient (Wildman–Crippen LogP) is 4.91. The molecule has 0 amide bonds. The van der Waals surface area contributed by atoms with Crippen LogP contribution in [-0.4, -0.2) is 33.2 Å². The largest absolute Gasteiger partial charge is 0.416 e. The Kier molecular flexibility index (Phi) is 5.67. The summed E-state index contributed by atoms with van der Waals surface area (Å²) in [7, 11) is -2.32. The highest BCUT2D eigenvalue weighted by molar-refractivity contribution is 7.92.